The molecule has 0 fully saturated rings. The number of hydrogen-bond donors (Lipinski definition) is 2. The summed E-state index contributed by atoms with van der Waals surface area (Å²) in [4.78, 5) is 0. The van der Waals surface area contributed by atoms with E-state index < -0.39 is 0 Å². The molecule has 0 aromatic heterocycles. The lowest BCUT2D eigenvalue weighted by atomic mass is 10.0. The summed E-state index contributed by atoms with van der Waals surface area (Å²) in [5.41, 5.74) is 1.03. The van der Waals surface area contributed by atoms with Crippen LogP contribution in [0.25, 0.3) is 0 Å². The summed E-state index contributed by atoms with van der Waals surface area (Å²) in [7, 11) is 0. The summed E-state index contributed by atoms with van der Waals surface area (Å²) in [5, 5.41) is 18.7. The van der Waals surface area contributed by atoms with Gasteiger partial charge in [-0.25, -0.2) is 0 Å². The second-order valence-electron chi connectivity index (χ2n) is 5.27. The minimum atomic E-state index is -0.300. The zero-order chi connectivity index (χ0) is 13.8. The van der Waals surface area contributed by atoms with Gasteiger partial charge < -0.3 is 10.2 Å². The first-order valence-corrected chi connectivity index (χ1v) is 7.68. The average molecular weight is 264 g/mol. The van der Waals surface area contributed by atoms with Crippen molar-refractivity contribution in [2.45, 2.75) is 63.9 Å². The van der Waals surface area contributed by atoms with Crippen LogP contribution in [0.1, 0.15) is 69.5 Å². The molecule has 19 heavy (non-hydrogen) atoms. The Labute approximate surface area is 117 Å². The normalized spacial score (nSPS) is 12.5. The van der Waals surface area contributed by atoms with Crippen LogP contribution in [0.15, 0.2) is 30.3 Å². The van der Waals surface area contributed by atoms with Gasteiger partial charge in [0.15, 0.2) is 0 Å². The van der Waals surface area contributed by atoms with Crippen molar-refractivity contribution in [3.05, 3.63) is 35.9 Å². The second kappa shape index (κ2) is 11.0. The van der Waals surface area contributed by atoms with Crippen LogP contribution < -0.4 is 0 Å². The molecule has 108 valence electrons. The molecule has 0 saturated carbocycles. The first kappa shape index (κ1) is 16.2. The zero-order valence-corrected chi connectivity index (χ0v) is 11.9. The molecule has 1 atom stereocenters. The molecule has 2 N–H and O–H groups in total. The predicted molar refractivity (Wildman–Crippen MR) is 80.0 cm³/mol. The third-order valence-electron chi connectivity index (χ3n) is 3.57. The highest BCUT2D eigenvalue weighted by atomic mass is 16.3. The van der Waals surface area contributed by atoms with E-state index in [1.165, 1.54) is 32.1 Å². The zero-order valence-electron chi connectivity index (χ0n) is 11.9. The van der Waals surface area contributed by atoms with Gasteiger partial charge in [0.05, 0.1) is 6.10 Å². The number of unbranched alkanes of at least 4 members (excludes halogenated alkanes) is 7. The Bertz CT molecular complexity index is 297. The van der Waals surface area contributed by atoms with E-state index >= 15 is 0 Å². The van der Waals surface area contributed by atoms with Crippen molar-refractivity contribution in [2.24, 2.45) is 0 Å². The van der Waals surface area contributed by atoms with Crippen LogP contribution in [0, 0.1) is 0 Å². The molecule has 0 spiro atoms. The highest BCUT2D eigenvalue weighted by Crippen LogP contribution is 2.19. The fourth-order valence-electron chi connectivity index (χ4n) is 2.35. The molecule has 0 bridgehead atoms. The quantitative estimate of drug-likeness (QED) is 0.587. The van der Waals surface area contributed by atoms with Crippen LogP contribution in [0.5, 0.6) is 0 Å². The summed E-state index contributed by atoms with van der Waals surface area (Å²) in [5.74, 6) is 0. The van der Waals surface area contributed by atoms with Gasteiger partial charge in [-0.05, 0) is 18.4 Å². The van der Waals surface area contributed by atoms with Gasteiger partial charge in [-0.1, -0.05) is 75.3 Å². The lowest BCUT2D eigenvalue weighted by Gasteiger charge is -2.10. The first-order valence-electron chi connectivity index (χ1n) is 7.68. The highest BCUT2D eigenvalue weighted by molar-refractivity contribution is 5.16. The number of hydrogen-bond acceptors (Lipinski definition) is 2. The smallest absolute Gasteiger partial charge is 0.0790 e. The van der Waals surface area contributed by atoms with Crippen LogP contribution in [-0.2, 0) is 0 Å². The minimum Gasteiger partial charge on any atom is -0.396 e. The Hall–Kier alpha value is -0.860. The summed E-state index contributed by atoms with van der Waals surface area (Å²) >= 11 is 0. The standard InChI is InChI=1S/C17H28O2/c18-15-11-6-4-2-1-3-5-10-14-17(19)16-12-8-7-9-13-16/h7-9,12-13,17-19H,1-6,10-11,14-15H2. The maximum Gasteiger partial charge on any atom is 0.0790 e. The van der Waals surface area contributed by atoms with E-state index in [0.717, 1.165) is 31.2 Å². The Morgan fingerprint density at radius 1 is 0.737 bits per heavy atom. The monoisotopic (exact) mass is 264 g/mol. The molecule has 1 rings (SSSR count). The van der Waals surface area contributed by atoms with Gasteiger partial charge in [-0.3, -0.25) is 0 Å². The van der Waals surface area contributed by atoms with Crippen molar-refractivity contribution in [2.75, 3.05) is 6.61 Å². The van der Waals surface area contributed by atoms with Crippen molar-refractivity contribution in [3.8, 4) is 0 Å². The molecule has 1 aromatic carbocycles. The Balaban J connectivity index is 1.93. The van der Waals surface area contributed by atoms with E-state index in [4.69, 9.17) is 5.11 Å². The van der Waals surface area contributed by atoms with Gasteiger partial charge in [0.25, 0.3) is 0 Å². The van der Waals surface area contributed by atoms with E-state index in [1.54, 1.807) is 0 Å². The molecule has 2 heteroatoms. The van der Waals surface area contributed by atoms with Crippen LogP contribution in [-0.4, -0.2) is 16.8 Å². The molecule has 0 aliphatic rings. The van der Waals surface area contributed by atoms with Crippen LogP contribution in [0.4, 0.5) is 0 Å². The Morgan fingerprint density at radius 3 is 1.84 bits per heavy atom. The summed E-state index contributed by atoms with van der Waals surface area (Å²) < 4.78 is 0. The fraction of sp³-hybridized carbons (Fsp3) is 0.647. The third kappa shape index (κ3) is 8.02. The molecule has 0 aliphatic carbocycles. The topological polar surface area (TPSA) is 40.5 Å². The van der Waals surface area contributed by atoms with Crippen LogP contribution in [0.3, 0.4) is 0 Å². The first-order chi connectivity index (χ1) is 9.34. The van der Waals surface area contributed by atoms with Gasteiger partial charge in [0.1, 0.15) is 0 Å². The summed E-state index contributed by atoms with van der Waals surface area (Å²) in [6.45, 7) is 0.331. The van der Waals surface area contributed by atoms with E-state index in [1.807, 2.05) is 30.3 Å². The van der Waals surface area contributed by atoms with Gasteiger partial charge in [-0.15, -0.1) is 0 Å². The average Bonchev–Trinajstić information content (AvgIpc) is 2.46. The lowest BCUT2D eigenvalue weighted by Crippen LogP contribution is -1.96. The van der Waals surface area contributed by atoms with Gasteiger partial charge >= 0.3 is 0 Å². The molecule has 0 heterocycles. The number of aliphatic hydroxyl groups is 2. The molecular weight excluding hydrogens is 236 g/mol. The molecule has 0 saturated heterocycles. The molecule has 0 amide bonds. The maximum absolute atomic E-state index is 10.00. The van der Waals surface area contributed by atoms with Crippen molar-refractivity contribution in [1.29, 1.82) is 0 Å². The number of rotatable bonds is 11. The molecule has 0 aliphatic heterocycles. The Kier molecular flexibility index (Phi) is 9.38. The van der Waals surface area contributed by atoms with E-state index in [9.17, 15) is 5.11 Å². The molecule has 0 radical (unpaired) electrons. The van der Waals surface area contributed by atoms with E-state index in [2.05, 4.69) is 0 Å². The largest absolute Gasteiger partial charge is 0.396 e. The minimum absolute atomic E-state index is 0.300. The fourth-order valence-corrected chi connectivity index (χ4v) is 2.35. The van der Waals surface area contributed by atoms with Crippen LogP contribution >= 0.6 is 0 Å². The van der Waals surface area contributed by atoms with Crippen molar-refractivity contribution < 1.29 is 10.2 Å². The maximum atomic E-state index is 10.00. The molecule has 1 aromatic rings. The molecule has 1 unspecified atom stereocenters. The predicted octanol–water partition coefficient (Wildman–Crippen LogP) is 4.22. The SMILES string of the molecule is OCCCCCCCCCCC(O)c1ccccc1. The van der Waals surface area contributed by atoms with E-state index in [0.29, 0.717) is 6.61 Å². The lowest BCUT2D eigenvalue weighted by molar-refractivity contribution is 0.163. The number of benzene rings is 1. The summed E-state index contributed by atoms with van der Waals surface area (Å²) in [6, 6.07) is 9.92. The van der Waals surface area contributed by atoms with Crippen molar-refractivity contribution in [1.82, 2.24) is 0 Å². The van der Waals surface area contributed by atoms with Crippen molar-refractivity contribution in [3.63, 3.8) is 0 Å². The van der Waals surface area contributed by atoms with Gasteiger partial charge in [0.2, 0.25) is 0 Å². The van der Waals surface area contributed by atoms with Gasteiger partial charge in [-0.2, -0.15) is 0 Å². The van der Waals surface area contributed by atoms with Crippen LogP contribution in [0.2, 0.25) is 0 Å². The highest BCUT2D eigenvalue weighted by Gasteiger charge is 2.05. The third-order valence-corrected chi connectivity index (χ3v) is 3.57. The molecular formula is C17H28O2. The molecule has 2 nitrogen and oxygen atoms in total. The summed E-state index contributed by atoms with van der Waals surface area (Å²) in [6.07, 6.45) is 10.1. The Morgan fingerprint density at radius 2 is 1.26 bits per heavy atom. The van der Waals surface area contributed by atoms with E-state index in [-0.39, 0.29) is 6.10 Å². The van der Waals surface area contributed by atoms with Gasteiger partial charge in [0, 0.05) is 6.61 Å². The number of aliphatic hydroxyl groups excluding tert-OH is 2. The second-order valence-corrected chi connectivity index (χ2v) is 5.27. The van der Waals surface area contributed by atoms with Crippen molar-refractivity contribution >= 4 is 0 Å².